The van der Waals surface area contributed by atoms with Crippen LogP contribution in [0.5, 0.6) is 11.5 Å². The van der Waals surface area contributed by atoms with Gasteiger partial charge in [-0.25, -0.2) is 8.42 Å². The van der Waals surface area contributed by atoms with Crippen LogP contribution in [0.1, 0.15) is 12.0 Å². The first kappa shape index (κ1) is 14.0. The molecule has 1 saturated heterocycles. The van der Waals surface area contributed by atoms with E-state index < -0.39 is 9.84 Å². The topological polar surface area (TPSA) is 64.6 Å². The SMILES string of the molecule is O=S1(=O)CCC(CNCc2cc(Cl)c3c(c2)OCO3)C1. The molecule has 2 heterocycles. The van der Waals surface area contributed by atoms with E-state index in [1.807, 2.05) is 12.1 Å². The first-order valence-corrected chi connectivity index (χ1v) is 8.72. The molecule has 1 aromatic rings. The summed E-state index contributed by atoms with van der Waals surface area (Å²) in [6.45, 7) is 1.53. The Bertz CT molecular complexity index is 617. The average Bonchev–Trinajstić information content (AvgIpc) is 2.96. The van der Waals surface area contributed by atoms with Crippen molar-refractivity contribution < 1.29 is 17.9 Å². The van der Waals surface area contributed by atoms with Crippen LogP contribution < -0.4 is 14.8 Å². The maximum Gasteiger partial charge on any atom is 0.231 e. The Balaban J connectivity index is 1.56. The lowest BCUT2D eigenvalue weighted by atomic mass is 10.1. The van der Waals surface area contributed by atoms with E-state index >= 15 is 0 Å². The number of ether oxygens (including phenoxy) is 2. The molecular weight excluding hydrogens is 302 g/mol. The maximum absolute atomic E-state index is 11.4. The molecule has 1 aromatic carbocycles. The lowest BCUT2D eigenvalue weighted by Gasteiger charge is -2.10. The summed E-state index contributed by atoms with van der Waals surface area (Å²) in [5, 5.41) is 3.82. The van der Waals surface area contributed by atoms with Crippen molar-refractivity contribution in [1.29, 1.82) is 0 Å². The van der Waals surface area contributed by atoms with Gasteiger partial charge in [0.2, 0.25) is 6.79 Å². The van der Waals surface area contributed by atoms with E-state index in [0.717, 1.165) is 12.0 Å². The third-order valence-electron chi connectivity index (χ3n) is 3.58. The monoisotopic (exact) mass is 317 g/mol. The zero-order valence-corrected chi connectivity index (χ0v) is 12.5. The Hall–Kier alpha value is -0.980. The highest BCUT2D eigenvalue weighted by Gasteiger charge is 2.27. The van der Waals surface area contributed by atoms with Crippen LogP contribution >= 0.6 is 11.6 Å². The fraction of sp³-hybridized carbons (Fsp3) is 0.538. The quantitative estimate of drug-likeness (QED) is 0.913. The fourth-order valence-corrected chi connectivity index (χ4v) is 4.73. The molecule has 0 amide bonds. The second-order valence-electron chi connectivity index (χ2n) is 5.21. The van der Waals surface area contributed by atoms with E-state index in [1.54, 1.807) is 0 Å². The molecule has 7 heteroatoms. The van der Waals surface area contributed by atoms with E-state index in [-0.39, 0.29) is 12.7 Å². The average molecular weight is 318 g/mol. The first-order chi connectivity index (χ1) is 9.53. The van der Waals surface area contributed by atoms with Crippen molar-refractivity contribution in [3.63, 3.8) is 0 Å². The molecule has 2 aliphatic rings. The number of nitrogens with one attached hydrogen (secondary N) is 1. The van der Waals surface area contributed by atoms with Gasteiger partial charge in [0, 0.05) is 6.54 Å². The lowest BCUT2D eigenvalue weighted by Crippen LogP contribution is -2.23. The summed E-state index contributed by atoms with van der Waals surface area (Å²) >= 11 is 6.11. The summed E-state index contributed by atoms with van der Waals surface area (Å²) in [5.41, 5.74) is 1.00. The van der Waals surface area contributed by atoms with Crippen LogP contribution in [-0.2, 0) is 16.4 Å². The maximum atomic E-state index is 11.4. The number of fused-ring (bicyclic) bond motifs is 1. The van der Waals surface area contributed by atoms with Gasteiger partial charge in [-0.2, -0.15) is 0 Å². The van der Waals surface area contributed by atoms with Gasteiger partial charge in [-0.15, -0.1) is 0 Å². The van der Waals surface area contributed by atoms with E-state index in [1.165, 1.54) is 0 Å². The van der Waals surface area contributed by atoms with Gasteiger partial charge in [-0.05, 0) is 36.6 Å². The molecule has 0 bridgehead atoms. The highest BCUT2D eigenvalue weighted by molar-refractivity contribution is 7.91. The van der Waals surface area contributed by atoms with Gasteiger partial charge in [0.05, 0.1) is 16.5 Å². The van der Waals surface area contributed by atoms with E-state index in [9.17, 15) is 8.42 Å². The number of hydrogen-bond donors (Lipinski definition) is 1. The molecule has 3 rings (SSSR count). The number of benzene rings is 1. The molecule has 0 saturated carbocycles. The smallest absolute Gasteiger partial charge is 0.231 e. The van der Waals surface area contributed by atoms with Gasteiger partial charge in [0.1, 0.15) is 0 Å². The second-order valence-corrected chi connectivity index (χ2v) is 7.85. The summed E-state index contributed by atoms with van der Waals surface area (Å²) in [5.74, 6) is 2.08. The molecule has 1 fully saturated rings. The summed E-state index contributed by atoms with van der Waals surface area (Å²) < 4.78 is 33.3. The Morgan fingerprint density at radius 3 is 2.95 bits per heavy atom. The molecular formula is C13H16ClNO4S. The largest absolute Gasteiger partial charge is 0.454 e. The van der Waals surface area contributed by atoms with Gasteiger partial charge >= 0.3 is 0 Å². The third kappa shape index (κ3) is 3.02. The van der Waals surface area contributed by atoms with Crippen LogP contribution in [0.2, 0.25) is 5.02 Å². The van der Waals surface area contributed by atoms with Crippen molar-refractivity contribution >= 4 is 21.4 Å². The second kappa shape index (κ2) is 5.42. The highest BCUT2D eigenvalue weighted by Crippen LogP contribution is 2.39. The molecule has 20 heavy (non-hydrogen) atoms. The summed E-state index contributed by atoms with van der Waals surface area (Å²) in [6, 6.07) is 3.74. The van der Waals surface area contributed by atoms with Gasteiger partial charge in [0.15, 0.2) is 21.3 Å². The van der Waals surface area contributed by atoms with Crippen LogP contribution in [0.4, 0.5) is 0 Å². The summed E-state index contributed by atoms with van der Waals surface area (Å²) in [7, 11) is -2.80. The van der Waals surface area contributed by atoms with Crippen molar-refractivity contribution in [2.24, 2.45) is 5.92 Å². The number of hydrogen-bond acceptors (Lipinski definition) is 5. The Labute approximate surface area is 123 Å². The van der Waals surface area contributed by atoms with Crippen molar-refractivity contribution in [1.82, 2.24) is 5.32 Å². The fourth-order valence-electron chi connectivity index (χ4n) is 2.58. The van der Waals surface area contributed by atoms with Crippen molar-refractivity contribution in [2.75, 3.05) is 24.8 Å². The molecule has 0 aliphatic carbocycles. The Morgan fingerprint density at radius 2 is 2.20 bits per heavy atom. The predicted octanol–water partition coefficient (Wildman–Crippen LogP) is 1.59. The molecule has 1 N–H and O–H groups in total. The van der Waals surface area contributed by atoms with Gasteiger partial charge in [-0.3, -0.25) is 0 Å². The first-order valence-electron chi connectivity index (χ1n) is 6.53. The summed E-state index contributed by atoms with van der Waals surface area (Å²) in [4.78, 5) is 0. The zero-order valence-electron chi connectivity index (χ0n) is 10.9. The Kier molecular flexibility index (Phi) is 3.79. The minimum Gasteiger partial charge on any atom is -0.454 e. The number of sulfone groups is 1. The van der Waals surface area contributed by atoms with E-state index in [0.29, 0.717) is 41.1 Å². The minimum absolute atomic E-state index is 0.200. The summed E-state index contributed by atoms with van der Waals surface area (Å²) in [6.07, 6.45) is 0.747. The molecule has 0 aromatic heterocycles. The molecule has 0 spiro atoms. The van der Waals surface area contributed by atoms with Crippen molar-refractivity contribution in [2.45, 2.75) is 13.0 Å². The van der Waals surface area contributed by atoms with Crippen LogP contribution in [0, 0.1) is 5.92 Å². The van der Waals surface area contributed by atoms with Gasteiger partial charge in [0.25, 0.3) is 0 Å². The third-order valence-corrected chi connectivity index (χ3v) is 5.69. The minimum atomic E-state index is -2.80. The van der Waals surface area contributed by atoms with Crippen LogP contribution in [0.3, 0.4) is 0 Å². The van der Waals surface area contributed by atoms with Crippen LogP contribution in [0.15, 0.2) is 12.1 Å². The number of rotatable bonds is 4. The van der Waals surface area contributed by atoms with Crippen molar-refractivity contribution in [3.8, 4) is 11.5 Å². The number of halogens is 1. The normalized spacial score (nSPS) is 23.1. The molecule has 2 aliphatic heterocycles. The molecule has 1 unspecified atom stereocenters. The van der Waals surface area contributed by atoms with Gasteiger partial charge < -0.3 is 14.8 Å². The zero-order chi connectivity index (χ0) is 14.2. The van der Waals surface area contributed by atoms with Gasteiger partial charge in [-0.1, -0.05) is 11.6 Å². The van der Waals surface area contributed by atoms with E-state index in [2.05, 4.69) is 5.32 Å². The lowest BCUT2D eigenvalue weighted by molar-refractivity contribution is 0.174. The van der Waals surface area contributed by atoms with Crippen molar-refractivity contribution in [3.05, 3.63) is 22.7 Å². The van der Waals surface area contributed by atoms with Crippen LogP contribution in [0.25, 0.3) is 0 Å². The molecule has 5 nitrogen and oxygen atoms in total. The molecule has 110 valence electrons. The molecule has 0 radical (unpaired) electrons. The van der Waals surface area contributed by atoms with E-state index in [4.69, 9.17) is 21.1 Å². The molecule has 1 atom stereocenters. The van der Waals surface area contributed by atoms with Crippen LogP contribution in [-0.4, -0.2) is 33.3 Å². The highest BCUT2D eigenvalue weighted by atomic mass is 35.5. The standard InChI is InChI=1S/C13H16ClNO4S/c14-11-3-10(4-12-13(11)19-8-18-12)6-15-5-9-1-2-20(16,17)7-9/h3-4,9,15H,1-2,5-8H2. The predicted molar refractivity (Wildman–Crippen MR) is 76.0 cm³/mol. The Morgan fingerprint density at radius 1 is 1.35 bits per heavy atom.